The standard InChI is InChI=1S/C26H32N4O3S/c1-32-22-8-4-7-21(16-22)30-25(27-28-26(30)34-18-23-9-5-15-33-23)19-11-13-29(14-12-19)17-20-6-2-3-10-24(20)31/h2-4,6-8,10,16,19,23,31H,5,9,11-15,17-18H2,1H3. The van der Waals surface area contributed by atoms with Crippen molar-refractivity contribution in [3.05, 3.63) is 59.9 Å². The highest BCUT2D eigenvalue weighted by Gasteiger charge is 2.28. The zero-order valence-electron chi connectivity index (χ0n) is 19.6. The van der Waals surface area contributed by atoms with E-state index in [2.05, 4.69) is 26.7 Å². The average molecular weight is 481 g/mol. The number of benzene rings is 2. The molecule has 0 aliphatic carbocycles. The third-order valence-corrected chi connectivity index (χ3v) is 7.79. The number of hydrogen-bond acceptors (Lipinski definition) is 7. The fourth-order valence-corrected chi connectivity index (χ4v) is 5.83. The van der Waals surface area contributed by atoms with E-state index in [9.17, 15) is 5.11 Å². The second-order valence-electron chi connectivity index (χ2n) is 9.00. The highest BCUT2D eigenvalue weighted by atomic mass is 32.2. The van der Waals surface area contributed by atoms with E-state index in [4.69, 9.17) is 14.6 Å². The van der Waals surface area contributed by atoms with E-state index < -0.39 is 0 Å². The van der Waals surface area contributed by atoms with Gasteiger partial charge in [-0.05, 0) is 57.0 Å². The Balaban J connectivity index is 1.34. The summed E-state index contributed by atoms with van der Waals surface area (Å²) in [6.07, 6.45) is 4.56. The highest BCUT2D eigenvalue weighted by Crippen LogP contribution is 2.34. The van der Waals surface area contributed by atoms with Crippen LogP contribution in [0.25, 0.3) is 5.69 Å². The lowest BCUT2D eigenvalue weighted by Gasteiger charge is -2.31. The first kappa shape index (κ1) is 23.2. The van der Waals surface area contributed by atoms with Gasteiger partial charge in [-0.25, -0.2) is 0 Å². The SMILES string of the molecule is COc1cccc(-n2c(SCC3CCCO3)nnc2C2CCN(Cc3ccccc3O)CC2)c1. The molecular formula is C26H32N4O3S. The van der Waals surface area contributed by atoms with Gasteiger partial charge in [-0.3, -0.25) is 9.47 Å². The predicted molar refractivity (Wildman–Crippen MR) is 133 cm³/mol. The minimum Gasteiger partial charge on any atom is -0.508 e. The molecule has 0 saturated carbocycles. The number of rotatable bonds is 8. The maximum atomic E-state index is 10.1. The monoisotopic (exact) mass is 480 g/mol. The number of aromatic hydroxyl groups is 1. The van der Waals surface area contributed by atoms with Gasteiger partial charge in [0.15, 0.2) is 5.16 Å². The highest BCUT2D eigenvalue weighted by molar-refractivity contribution is 7.99. The number of phenols is 1. The van der Waals surface area contributed by atoms with Crippen molar-refractivity contribution in [1.82, 2.24) is 19.7 Å². The van der Waals surface area contributed by atoms with Crippen LogP contribution in [0.5, 0.6) is 11.5 Å². The number of likely N-dealkylation sites (tertiary alicyclic amines) is 1. The Kier molecular flexibility index (Phi) is 7.37. The maximum Gasteiger partial charge on any atom is 0.195 e. The summed E-state index contributed by atoms with van der Waals surface area (Å²) < 4.78 is 13.5. The van der Waals surface area contributed by atoms with Crippen LogP contribution in [0.2, 0.25) is 0 Å². The first-order valence-electron chi connectivity index (χ1n) is 12.0. The lowest BCUT2D eigenvalue weighted by Crippen LogP contribution is -2.33. The van der Waals surface area contributed by atoms with Crippen LogP contribution in [-0.2, 0) is 11.3 Å². The summed E-state index contributed by atoms with van der Waals surface area (Å²) in [5, 5.41) is 20.4. The zero-order chi connectivity index (χ0) is 23.3. The molecule has 34 heavy (non-hydrogen) atoms. The molecule has 2 aliphatic rings. The second-order valence-corrected chi connectivity index (χ2v) is 9.99. The molecule has 1 N–H and O–H groups in total. The van der Waals surface area contributed by atoms with Gasteiger partial charge in [-0.1, -0.05) is 36.0 Å². The lowest BCUT2D eigenvalue weighted by atomic mass is 9.95. The smallest absolute Gasteiger partial charge is 0.195 e. The molecule has 2 aromatic carbocycles. The van der Waals surface area contributed by atoms with Crippen LogP contribution in [0.1, 0.15) is 43.0 Å². The van der Waals surface area contributed by atoms with Gasteiger partial charge in [0, 0.05) is 36.5 Å². The first-order chi connectivity index (χ1) is 16.7. The molecule has 0 amide bonds. The van der Waals surface area contributed by atoms with E-state index in [1.54, 1.807) is 24.9 Å². The molecule has 3 heterocycles. The zero-order valence-corrected chi connectivity index (χ0v) is 20.4. The largest absolute Gasteiger partial charge is 0.508 e. The summed E-state index contributed by atoms with van der Waals surface area (Å²) in [6, 6.07) is 15.7. The quantitative estimate of drug-likeness (QED) is 0.471. The van der Waals surface area contributed by atoms with Crippen molar-refractivity contribution in [2.75, 3.05) is 32.6 Å². The lowest BCUT2D eigenvalue weighted by molar-refractivity contribution is 0.129. The number of piperidine rings is 1. The molecule has 7 nitrogen and oxygen atoms in total. The molecule has 3 aromatic rings. The van der Waals surface area contributed by atoms with Crippen molar-refractivity contribution in [1.29, 1.82) is 0 Å². The van der Waals surface area contributed by atoms with Crippen LogP contribution < -0.4 is 4.74 Å². The van der Waals surface area contributed by atoms with E-state index >= 15 is 0 Å². The third kappa shape index (κ3) is 5.24. The normalized spacial score (nSPS) is 19.5. The summed E-state index contributed by atoms with van der Waals surface area (Å²) in [4.78, 5) is 2.41. The van der Waals surface area contributed by atoms with Crippen molar-refractivity contribution in [2.24, 2.45) is 0 Å². The minimum absolute atomic E-state index is 0.293. The second kappa shape index (κ2) is 10.8. The number of para-hydroxylation sites is 1. The van der Waals surface area contributed by atoms with Crippen LogP contribution in [0, 0.1) is 0 Å². The fourth-order valence-electron chi connectivity index (χ4n) is 4.81. The Morgan fingerprint density at radius 1 is 1.09 bits per heavy atom. The minimum atomic E-state index is 0.293. The molecule has 0 radical (unpaired) electrons. The van der Waals surface area contributed by atoms with Crippen LogP contribution in [-0.4, -0.2) is 63.4 Å². The van der Waals surface area contributed by atoms with Crippen LogP contribution in [0.4, 0.5) is 0 Å². The Hall–Kier alpha value is -2.55. The van der Waals surface area contributed by atoms with Crippen molar-refractivity contribution in [3.8, 4) is 17.2 Å². The van der Waals surface area contributed by atoms with Crippen molar-refractivity contribution >= 4 is 11.8 Å². The molecule has 8 heteroatoms. The van der Waals surface area contributed by atoms with Gasteiger partial charge in [-0.2, -0.15) is 0 Å². The van der Waals surface area contributed by atoms with Gasteiger partial charge in [-0.15, -0.1) is 10.2 Å². The molecule has 1 unspecified atom stereocenters. The summed E-state index contributed by atoms with van der Waals surface area (Å²) >= 11 is 1.73. The molecule has 2 saturated heterocycles. The molecule has 1 atom stereocenters. The van der Waals surface area contributed by atoms with Gasteiger partial charge in [0.05, 0.1) is 18.9 Å². The van der Waals surface area contributed by atoms with E-state index in [1.807, 2.05) is 30.3 Å². The summed E-state index contributed by atoms with van der Waals surface area (Å²) in [5.41, 5.74) is 2.01. The number of phenolic OH excluding ortho intramolecular Hbond substituents is 1. The Morgan fingerprint density at radius 2 is 1.94 bits per heavy atom. The van der Waals surface area contributed by atoms with Crippen molar-refractivity contribution in [2.45, 2.75) is 49.4 Å². The van der Waals surface area contributed by atoms with Crippen LogP contribution >= 0.6 is 11.8 Å². The number of aromatic nitrogens is 3. The Morgan fingerprint density at radius 3 is 2.71 bits per heavy atom. The fraction of sp³-hybridized carbons (Fsp3) is 0.462. The van der Waals surface area contributed by atoms with Crippen LogP contribution in [0.15, 0.2) is 53.7 Å². The van der Waals surface area contributed by atoms with Gasteiger partial charge < -0.3 is 14.6 Å². The molecule has 2 aliphatic heterocycles. The number of nitrogens with zero attached hydrogens (tertiary/aromatic N) is 4. The van der Waals surface area contributed by atoms with Gasteiger partial charge >= 0.3 is 0 Å². The summed E-state index contributed by atoms with van der Waals surface area (Å²) in [7, 11) is 1.69. The van der Waals surface area contributed by atoms with E-state index in [-0.39, 0.29) is 0 Å². The first-order valence-corrected chi connectivity index (χ1v) is 13.0. The van der Waals surface area contributed by atoms with E-state index in [1.165, 1.54) is 0 Å². The molecule has 2 fully saturated rings. The average Bonchev–Trinajstić information content (AvgIpc) is 3.55. The number of methoxy groups -OCH3 is 1. The van der Waals surface area contributed by atoms with Crippen molar-refractivity contribution in [3.63, 3.8) is 0 Å². The van der Waals surface area contributed by atoms with Gasteiger partial charge in [0.25, 0.3) is 0 Å². The number of ether oxygens (including phenoxy) is 2. The maximum absolute atomic E-state index is 10.1. The molecule has 180 valence electrons. The topological polar surface area (TPSA) is 72.6 Å². The molecule has 0 spiro atoms. The van der Waals surface area contributed by atoms with Gasteiger partial charge in [0.2, 0.25) is 0 Å². The van der Waals surface area contributed by atoms with E-state index in [0.29, 0.717) is 17.8 Å². The Labute approximate surface area is 205 Å². The van der Waals surface area contributed by atoms with E-state index in [0.717, 1.165) is 85.7 Å². The van der Waals surface area contributed by atoms with Crippen LogP contribution in [0.3, 0.4) is 0 Å². The molecular weight excluding hydrogens is 448 g/mol. The molecule has 5 rings (SSSR count). The number of thioether (sulfide) groups is 1. The molecule has 0 bridgehead atoms. The van der Waals surface area contributed by atoms with Crippen molar-refractivity contribution < 1.29 is 14.6 Å². The summed E-state index contributed by atoms with van der Waals surface area (Å²) in [6.45, 7) is 3.55. The number of hydrogen-bond donors (Lipinski definition) is 1. The molecule has 1 aromatic heterocycles. The summed E-state index contributed by atoms with van der Waals surface area (Å²) in [5.74, 6) is 3.43. The van der Waals surface area contributed by atoms with Gasteiger partial charge in [0.1, 0.15) is 17.3 Å². The third-order valence-electron chi connectivity index (χ3n) is 6.73. The predicted octanol–water partition coefficient (Wildman–Crippen LogP) is 4.63. The Bertz CT molecular complexity index is 1090.